The molecule has 0 atom stereocenters. The number of nitrogens with zero attached hydrogens (tertiary/aromatic N) is 2. The van der Waals surface area contributed by atoms with Gasteiger partial charge in [0, 0.05) is 12.1 Å². The Balaban J connectivity index is 2.04. The number of carbonyl (C=O) groups excluding carboxylic acids is 2. The molecule has 6 heteroatoms. The van der Waals surface area contributed by atoms with Crippen LogP contribution in [0.15, 0.2) is 48.1 Å². The molecule has 0 unspecified atom stereocenters. The van der Waals surface area contributed by atoms with Crippen LogP contribution in [0.3, 0.4) is 0 Å². The van der Waals surface area contributed by atoms with Crippen LogP contribution in [0.2, 0.25) is 0 Å². The second-order valence-electron chi connectivity index (χ2n) is 3.78. The van der Waals surface area contributed by atoms with Crippen molar-refractivity contribution in [1.29, 1.82) is 0 Å². The van der Waals surface area contributed by atoms with Gasteiger partial charge in [0.05, 0.1) is 5.75 Å². The van der Waals surface area contributed by atoms with Crippen molar-refractivity contribution in [2.24, 2.45) is 5.10 Å². The van der Waals surface area contributed by atoms with Crippen LogP contribution in [-0.4, -0.2) is 34.2 Å². The highest BCUT2D eigenvalue weighted by molar-refractivity contribution is 8.15. The van der Waals surface area contributed by atoms with Crippen molar-refractivity contribution in [3.63, 3.8) is 0 Å². The molecule has 0 saturated carbocycles. The Bertz CT molecular complexity index is 528. The number of nitrogens with one attached hydrogen (secondary N) is 1. The standard InChI is InChI=1S/C13H13N3O2S/c1-2-8-16-11(17)9-19-13(16)15-14-12(18)10-6-4-3-5-7-10/h2-7H,1,8-9H2,(H,14,18)/b15-13-. The average molecular weight is 275 g/mol. The lowest BCUT2D eigenvalue weighted by Crippen LogP contribution is -2.31. The van der Waals surface area contributed by atoms with Crippen LogP contribution < -0.4 is 5.43 Å². The van der Waals surface area contributed by atoms with Crippen molar-refractivity contribution in [3.8, 4) is 0 Å². The fourth-order valence-corrected chi connectivity index (χ4v) is 2.39. The van der Waals surface area contributed by atoms with Crippen molar-refractivity contribution in [2.45, 2.75) is 0 Å². The lowest BCUT2D eigenvalue weighted by molar-refractivity contribution is -0.123. The van der Waals surface area contributed by atoms with Gasteiger partial charge in [-0.2, -0.15) is 0 Å². The third-order valence-corrected chi connectivity index (χ3v) is 3.42. The maximum absolute atomic E-state index is 11.8. The Morgan fingerprint density at radius 3 is 2.89 bits per heavy atom. The number of carbonyl (C=O) groups is 2. The summed E-state index contributed by atoms with van der Waals surface area (Å²) in [7, 11) is 0. The predicted octanol–water partition coefficient (Wildman–Crippen LogP) is 1.45. The van der Waals surface area contributed by atoms with Gasteiger partial charge in [0.1, 0.15) is 0 Å². The lowest BCUT2D eigenvalue weighted by atomic mass is 10.2. The monoisotopic (exact) mass is 275 g/mol. The number of hydrogen-bond acceptors (Lipinski definition) is 4. The molecule has 0 aliphatic carbocycles. The molecule has 2 amide bonds. The summed E-state index contributed by atoms with van der Waals surface area (Å²) >= 11 is 1.30. The van der Waals surface area contributed by atoms with Gasteiger partial charge in [0.25, 0.3) is 5.91 Å². The molecule has 1 aliphatic heterocycles. The van der Waals surface area contributed by atoms with Gasteiger partial charge in [-0.25, -0.2) is 5.43 Å². The molecule has 0 bridgehead atoms. The topological polar surface area (TPSA) is 61.8 Å². The van der Waals surface area contributed by atoms with Gasteiger partial charge in [-0.05, 0) is 12.1 Å². The van der Waals surface area contributed by atoms with E-state index in [0.717, 1.165) is 0 Å². The van der Waals surface area contributed by atoms with E-state index in [9.17, 15) is 9.59 Å². The van der Waals surface area contributed by atoms with Crippen LogP contribution in [0.1, 0.15) is 10.4 Å². The number of hydrazone groups is 1. The minimum atomic E-state index is -0.299. The number of amides is 2. The summed E-state index contributed by atoms with van der Waals surface area (Å²) in [5.41, 5.74) is 2.97. The molecule has 1 N–H and O–H groups in total. The van der Waals surface area contributed by atoms with Gasteiger partial charge in [-0.3, -0.25) is 14.5 Å². The Morgan fingerprint density at radius 2 is 2.21 bits per heavy atom. The molecule has 0 radical (unpaired) electrons. The van der Waals surface area contributed by atoms with E-state index in [2.05, 4.69) is 17.1 Å². The molecule has 98 valence electrons. The maximum Gasteiger partial charge on any atom is 0.271 e. The average Bonchev–Trinajstić information content (AvgIpc) is 2.79. The van der Waals surface area contributed by atoms with Gasteiger partial charge >= 0.3 is 0 Å². The fourth-order valence-electron chi connectivity index (χ4n) is 1.54. The summed E-state index contributed by atoms with van der Waals surface area (Å²) in [6, 6.07) is 8.79. The molecule has 0 spiro atoms. The summed E-state index contributed by atoms with van der Waals surface area (Å²) in [6.45, 7) is 3.99. The number of hydrogen-bond donors (Lipinski definition) is 1. The third-order valence-electron chi connectivity index (χ3n) is 2.46. The van der Waals surface area contributed by atoms with Crippen LogP contribution in [0.5, 0.6) is 0 Å². The van der Waals surface area contributed by atoms with E-state index < -0.39 is 0 Å². The molecule has 0 aromatic heterocycles. The molecule has 1 aromatic carbocycles. The Morgan fingerprint density at radius 1 is 1.47 bits per heavy atom. The zero-order chi connectivity index (χ0) is 13.7. The minimum absolute atomic E-state index is 0.0300. The molecule has 2 rings (SSSR count). The number of rotatable bonds is 4. The van der Waals surface area contributed by atoms with Gasteiger partial charge < -0.3 is 0 Å². The highest BCUT2D eigenvalue weighted by atomic mass is 32.2. The summed E-state index contributed by atoms with van der Waals surface area (Å²) in [4.78, 5) is 24.8. The Labute approximate surface area is 115 Å². The van der Waals surface area contributed by atoms with Crippen molar-refractivity contribution in [1.82, 2.24) is 10.3 Å². The first-order valence-corrected chi connectivity index (χ1v) is 6.68. The first-order chi connectivity index (χ1) is 9.22. The number of thioether (sulfide) groups is 1. The number of benzene rings is 1. The van der Waals surface area contributed by atoms with E-state index in [1.165, 1.54) is 16.7 Å². The first-order valence-electron chi connectivity index (χ1n) is 5.69. The van der Waals surface area contributed by atoms with Gasteiger partial charge in [0.15, 0.2) is 5.17 Å². The van der Waals surface area contributed by atoms with E-state index in [4.69, 9.17) is 0 Å². The Kier molecular flexibility index (Phi) is 4.35. The summed E-state index contributed by atoms with van der Waals surface area (Å²) < 4.78 is 0. The minimum Gasteiger partial charge on any atom is -0.285 e. The molecular weight excluding hydrogens is 262 g/mol. The van der Waals surface area contributed by atoms with E-state index in [-0.39, 0.29) is 11.8 Å². The highest BCUT2D eigenvalue weighted by Gasteiger charge is 2.27. The fraction of sp³-hybridized carbons (Fsp3) is 0.154. The van der Waals surface area contributed by atoms with E-state index in [0.29, 0.717) is 23.0 Å². The smallest absolute Gasteiger partial charge is 0.271 e. The largest absolute Gasteiger partial charge is 0.285 e. The van der Waals surface area contributed by atoms with Crippen molar-refractivity contribution in [2.75, 3.05) is 12.3 Å². The molecule has 1 aliphatic rings. The van der Waals surface area contributed by atoms with Gasteiger partial charge in [0.2, 0.25) is 5.91 Å². The van der Waals surface area contributed by atoms with Gasteiger partial charge in [-0.1, -0.05) is 36.0 Å². The third kappa shape index (κ3) is 3.23. The second kappa shape index (κ2) is 6.19. The van der Waals surface area contributed by atoms with E-state index >= 15 is 0 Å². The highest BCUT2D eigenvalue weighted by Crippen LogP contribution is 2.18. The van der Waals surface area contributed by atoms with Crippen LogP contribution in [0.4, 0.5) is 0 Å². The SMILES string of the molecule is C=CCN1C(=O)CS/C1=N\NC(=O)c1ccccc1. The second-order valence-corrected chi connectivity index (χ2v) is 4.73. The van der Waals surface area contributed by atoms with Crippen LogP contribution in [-0.2, 0) is 4.79 Å². The first kappa shape index (κ1) is 13.4. The van der Waals surface area contributed by atoms with E-state index in [1.54, 1.807) is 30.3 Å². The Hall–Kier alpha value is -2.08. The molecule has 19 heavy (non-hydrogen) atoms. The number of amidine groups is 1. The lowest BCUT2D eigenvalue weighted by Gasteiger charge is -2.12. The van der Waals surface area contributed by atoms with Gasteiger partial charge in [-0.15, -0.1) is 11.7 Å². The van der Waals surface area contributed by atoms with Crippen molar-refractivity contribution >= 4 is 28.7 Å². The molecule has 1 heterocycles. The quantitative estimate of drug-likeness (QED) is 0.668. The van der Waals surface area contributed by atoms with Crippen LogP contribution >= 0.6 is 11.8 Å². The normalized spacial score (nSPS) is 16.7. The van der Waals surface area contributed by atoms with Crippen LogP contribution in [0, 0.1) is 0 Å². The summed E-state index contributed by atoms with van der Waals surface area (Å²) in [6.07, 6.45) is 1.62. The van der Waals surface area contributed by atoms with Crippen LogP contribution in [0.25, 0.3) is 0 Å². The molecule has 5 nitrogen and oxygen atoms in total. The van der Waals surface area contributed by atoms with E-state index in [1.807, 2.05) is 6.07 Å². The van der Waals surface area contributed by atoms with Crippen molar-refractivity contribution < 1.29 is 9.59 Å². The zero-order valence-corrected chi connectivity index (χ0v) is 11.0. The molecule has 1 fully saturated rings. The zero-order valence-electron chi connectivity index (χ0n) is 10.2. The molecule has 1 saturated heterocycles. The summed E-state index contributed by atoms with van der Waals surface area (Å²) in [5.74, 6) is 0.0117. The molecular formula is C13H13N3O2S. The summed E-state index contributed by atoms with van der Waals surface area (Å²) in [5, 5.41) is 4.48. The predicted molar refractivity (Wildman–Crippen MR) is 75.7 cm³/mol. The maximum atomic E-state index is 11.8. The molecule has 1 aromatic rings. The van der Waals surface area contributed by atoms with Crippen molar-refractivity contribution in [3.05, 3.63) is 48.6 Å².